The van der Waals surface area contributed by atoms with Crippen LogP contribution in [0.2, 0.25) is 0 Å². The summed E-state index contributed by atoms with van der Waals surface area (Å²) in [5.41, 5.74) is 0.544. The number of rotatable bonds is 4. The van der Waals surface area contributed by atoms with Gasteiger partial charge < -0.3 is 10.2 Å². The Morgan fingerprint density at radius 3 is 2.55 bits per heavy atom. The van der Waals surface area contributed by atoms with E-state index in [0.29, 0.717) is 0 Å². The van der Waals surface area contributed by atoms with E-state index in [1.807, 2.05) is 0 Å². The number of fused-ring (bicyclic) bond motifs is 3. The number of hydrogen-bond donors (Lipinski definition) is 1. The van der Waals surface area contributed by atoms with Crippen molar-refractivity contribution in [1.29, 1.82) is 0 Å². The lowest BCUT2D eigenvalue weighted by atomic mass is 9.97. The molecule has 1 atom stereocenters. The van der Waals surface area contributed by atoms with Crippen molar-refractivity contribution in [3.63, 3.8) is 0 Å². The number of aryl methyl sites for hydroxylation is 1. The number of carbonyl (C=O) groups excluding carboxylic acids is 2. The van der Waals surface area contributed by atoms with E-state index < -0.39 is 42.5 Å². The number of hydrogen-bond acceptors (Lipinski definition) is 4. The second-order valence-electron chi connectivity index (χ2n) is 7.66. The summed E-state index contributed by atoms with van der Waals surface area (Å²) in [6.07, 6.45) is -1.72. The van der Waals surface area contributed by atoms with Gasteiger partial charge in [-0.15, -0.1) is 0 Å². The molecule has 0 bridgehead atoms. The molecule has 2 aromatic heterocycles. The van der Waals surface area contributed by atoms with Gasteiger partial charge in [0.2, 0.25) is 17.8 Å². The van der Waals surface area contributed by atoms with Crippen LogP contribution in [-0.4, -0.2) is 28.3 Å². The minimum Gasteiger partial charge on any atom is -0.325 e. The average Bonchev–Trinajstić information content (AvgIpc) is 2.84. The fourth-order valence-electron chi connectivity index (χ4n) is 3.75. The maximum atomic E-state index is 15.0. The minimum atomic E-state index is -2.64. The van der Waals surface area contributed by atoms with Crippen molar-refractivity contribution in [1.82, 2.24) is 9.97 Å². The molecule has 0 spiro atoms. The Hall–Kier alpha value is -3.82. The Morgan fingerprint density at radius 1 is 1.18 bits per heavy atom. The zero-order chi connectivity index (χ0) is 23.9. The number of anilines is 2. The minimum absolute atomic E-state index is 0.0720. The van der Waals surface area contributed by atoms with Crippen LogP contribution in [0.5, 0.6) is 0 Å². The molecule has 2 amide bonds. The van der Waals surface area contributed by atoms with Crippen molar-refractivity contribution >= 4 is 23.2 Å². The van der Waals surface area contributed by atoms with Gasteiger partial charge in [0.1, 0.15) is 12.4 Å². The molecule has 170 valence electrons. The highest BCUT2D eigenvalue weighted by molar-refractivity contribution is 6.09. The molecule has 1 aliphatic heterocycles. The molecule has 6 nitrogen and oxygen atoms in total. The first kappa shape index (κ1) is 22.4. The van der Waals surface area contributed by atoms with Crippen LogP contribution in [0.1, 0.15) is 36.1 Å². The van der Waals surface area contributed by atoms with E-state index in [1.165, 1.54) is 44.2 Å². The van der Waals surface area contributed by atoms with Crippen LogP contribution < -0.4 is 10.2 Å². The van der Waals surface area contributed by atoms with E-state index in [9.17, 15) is 27.2 Å². The van der Waals surface area contributed by atoms with Crippen LogP contribution in [0.25, 0.3) is 11.3 Å². The molecule has 0 fully saturated rings. The van der Waals surface area contributed by atoms with Crippen molar-refractivity contribution < 1.29 is 27.2 Å². The smallest absolute Gasteiger partial charge is 0.263 e. The quantitative estimate of drug-likeness (QED) is 0.452. The van der Waals surface area contributed by atoms with Crippen molar-refractivity contribution in [3.05, 3.63) is 71.2 Å². The van der Waals surface area contributed by atoms with Gasteiger partial charge in [-0.05, 0) is 43.7 Å². The van der Waals surface area contributed by atoms with Crippen LogP contribution in [0, 0.1) is 18.7 Å². The lowest BCUT2D eigenvalue weighted by Crippen LogP contribution is -2.40. The van der Waals surface area contributed by atoms with E-state index in [2.05, 4.69) is 15.3 Å². The van der Waals surface area contributed by atoms with Gasteiger partial charge in [-0.3, -0.25) is 14.6 Å². The summed E-state index contributed by atoms with van der Waals surface area (Å²) in [6.45, 7) is 2.55. The van der Waals surface area contributed by atoms with Gasteiger partial charge >= 0.3 is 0 Å². The predicted molar refractivity (Wildman–Crippen MR) is 113 cm³/mol. The van der Waals surface area contributed by atoms with Crippen molar-refractivity contribution in [2.45, 2.75) is 26.2 Å². The highest BCUT2D eigenvalue weighted by atomic mass is 19.3. The normalized spacial score (nSPS) is 15.2. The van der Waals surface area contributed by atoms with Crippen LogP contribution in [-0.2, 0) is 9.59 Å². The molecule has 0 radical (unpaired) electrons. The predicted octanol–water partition coefficient (Wildman–Crippen LogP) is 4.76. The largest absolute Gasteiger partial charge is 0.325 e. The van der Waals surface area contributed by atoms with Gasteiger partial charge in [-0.25, -0.2) is 18.2 Å². The van der Waals surface area contributed by atoms with Crippen molar-refractivity contribution in [2.24, 2.45) is 0 Å². The van der Waals surface area contributed by atoms with Gasteiger partial charge in [0.25, 0.3) is 6.43 Å². The Balaban J connectivity index is 1.71. The monoisotopic (exact) mass is 458 g/mol. The highest BCUT2D eigenvalue weighted by Gasteiger charge is 2.35. The average molecular weight is 458 g/mol. The highest BCUT2D eigenvalue weighted by Crippen LogP contribution is 2.41. The SMILES string of the molecule is Cc1cc2c(c(F)n1)-c1ncc(F)cc1[C@H](C)C(=O)N2CC(=O)Nc1ccc(C(F)F)cc1. The second-order valence-corrected chi connectivity index (χ2v) is 7.66. The molecular weight excluding hydrogens is 440 g/mol. The number of aromatic nitrogens is 2. The van der Waals surface area contributed by atoms with E-state index in [-0.39, 0.29) is 39.5 Å². The van der Waals surface area contributed by atoms with Crippen LogP contribution >= 0.6 is 0 Å². The molecule has 4 rings (SSSR count). The molecule has 0 aliphatic carbocycles. The fourth-order valence-corrected chi connectivity index (χ4v) is 3.75. The third-order valence-corrected chi connectivity index (χ3v) is 5.35. The molecule has 1 aliphatic rings. The molecule has 1 aromatic carbocycles. The molecule has 3 aromatic rings. The Labute approximate surface area is 186 Å². The number of halogens is 4. The zero-order valence-electron chi connectivity index (χ0n) is 17.6. The third-order valence-electron chi connectivity index (χ3n) is 5.35. The first-order valence-corrected chi connectivity index (χ1v) is 9.98. The molecule has 3 heterocycles. The molecule has 0 saturated heterocycles. The number of alkyl halides is 2. The van der Waals surface area contributed by atoms with Gasteiger partial charge in [0.05, 0.1) is 29.1 Å². The first-order valence-electron chi connectivity index (χ1n) is 9.98. The van der Waals surface area contributed by atoms with Crippen molar-refractivity contribution in [3.8, 4) is 11.3 Å². The van der Waals surface area contributed by atoms with E-state index in [1.54, 1.807) is 0 Å². The molecule has 0 unspecified atom stereocenters. The number of amides is 2. The summed E-state index contributed by atoms with van der Waals surface area (Å²) in [6, 6.07) is 7.55. The maximum absolute atomic E-state index is 15.0. The number of nitrogens with one attached hydrogen (secondary N) is 1. The zero-order valence-corrected chi connectivity index (χ0v) is 17.6. The number of nitrogens with zero attached hydrogens (tertiary/aromatic N) is 3. The summed E-state index contributed by atoms with van der Waals surface area (Å²) in [4.78, 5) is 34.9. The number of carbonyl (C=O) groups is 2. The van der Waals surface area contributed by atoms with Crippen LogP contribution in [0.15, 0.2) is 42.6 Å². The Morgan fingerprint density at radius 2 is 1.88 bits per heavy atom. The van der Waals surface area contributed by atoms with E-state index >= 15 is 0 Å². The molecule has 1 N–H and O–H groups in total. The summed E-state index contributed by atoms with van der Waals surface area (Å²) in [7, 11) is 0. The molecule has 10 heteroatoms. The molecule has 33 heavy (non-hydrogen) atoms. The first-order chi connectivity index (χ1) is 15.7. The van der Waals surface area contributed by atoms with E-state index in [0.717, 1.165) is 17.2 Å². The summed E-state index contributed by atoms with van der Waals surface area (Å²) >= 11 is 0. The second kappa shape index (κ2) is 8.61. The summed E-state index contributed by atoms with van der Waals surface area (Å²) in [5, 5.41) is 2.54. The molecule has 0 saturated carbocycles. The topological polar surface area (TPSA) is 75.2 Å². The standard InChI is InChI=1S/C23H18F4N4O2/c1-11-7-17-19(22(27)29-11)20-16(8-14(24)9-28-20)12(2)23(33)31(17)10-18(32)30-15-5-3-13(4-6-15)21(25)26/h3-9,12,21H,10H2,1-2H3,(H,30,32)/t12-/m0/s1. The van der Waals surface area contributed by atoms with Crippen molar-refractivity contribution in [2.75, 3.05) is 16.8 Å². The Kier molecular flexibility index (Phi) is 5.84. The fraction of sp³-hybridized carbons (Fsp3) is 0.217. The lowest BCUT2D eigenvalue weighted by molar-refractivity contribution is -0.122. The van der Waals surface area contributed by atoms with Gasteiger partial charge in [-0.1, -0.05) is 12.1 Å². The van der Waals surface area contributed by atoms with Gasteiger partial charge in [-0.2, -0.15) is 4.39 Å². The van der Waals surface area contributed by atoms with Gasteiger partial charge in [0.15, 0.2) is 0 Å². The number of pyridine rings is 2. The summed E-state index contributed by atoms with van der Waals surface area (Å²) < 4.78 is 54.3. The summed E-state index contributed by atoms with van der Waals surface area (Å²) in [5.74, 6) is -3.70. The van der Waals surface area contributed by atoms with E-state index in [4.69, 9.17) is 0 Å². The number of benzene rings is 1. The third kappa shape index (κ3) is 4.28. The van der Waals surface area contributed by atoms with Crippen LogP contribution in [0.4, 0.5) is 28.9 Å². The lowest BCUT2D eigenvalue weighted by Gasteiger charge is -2.24. The van der Waals surface area contributed by atoms with Crippen LogP contribution in [0.3, 0.4) is 0 Å². The maximum Gasteiger partial charge on any atom is 0.263 e. The van der Waals surface area contributed by atoms with Gasteiger partial charge in [0, 0.05) is 16.9 Å². The molecular formula is C23H18F4N4O2. The Bertz CT molecular complexity index is 1250.